The first-order chi connectivity index (χ1) is 13.1. The summed E-state index contributed by atoms with van der Waals surface area (Å²) in [6.45, 7) is 6.47. The molecule has 2 aliphatic rings. The number of carbonyl (C=O) groups is 2. The fourth-order valence-corrected chi connectivity index (χ4v) is 3.30. The molecule has 2 fully saturated rings. The first-order valence-electron chi connectivity index (χ1n) is 9.42. The molecule has 0 bridgehead atoms. The van der Waals surface area contributed by atoms with E-state index in [1.165, 1.54) is 6.07 Å². The molecule has 27 heavy (non-hydrogen) atoms. The van der Waals surface area contributed by atoms with Crippen LogP contribution in [-0.4, -0.2) is 92.1 Å². The molecule has 0 atom stereocenters. The molecule has 2 amide bonds. The van der Waals surface area contributed by atoms with Gasteiger partial charge in [-0.25, -0.2) is 4.39 Å². The number of nitrogens with zero attached hydrogens (tertiary/aromatic N) is 3. The number of halogens is 1. The predicted molar refractivity (Wildman–Crippen MR) is 98.5 cm³/mol. The van der Waals surface area contributed by atoms with E-state index in [0.29, 0.717) is 45.0 Å². The number of morpholine rings is 1. The maximum atomic E-state index is 13.6. The van der Waals surface area contributed by atoms with Crippen LogP contribution in [0.3, 0.4) is 0 Å². The van der Waals surface area contributed by atoms with Crippen molar-refractivity contribution in [2.45, 2.75) is 6.54 Å². The normalized spacial score (nSPS) is 19.1. The van der Waals surface area contributed by atoms with Gasteiger partial charge in [-0.3, -0.25) is 19.4 Å². The van der Waals surface area contributed by atoms with Crippen LogP contribution in [0.1, 0.15) is 5.56 Å². The van der Waals surface area contributed by atoms with E-state index in [1.807, 2.05) is 4.90 Å². The quantitative estimate of drug-likeness (QED) is 0.750. The largest absolute Gasteiger partial charge is 0.378 e. The molecule has 1 aromatic rings. The lowest BCUT2D eigenvalue weighted by Crippen LogP contribution is -2.52. The van der Waals surface area contributed by atoms with Crippen molar-refractivity contribution < 1.29 is 18.7 Å². The van der Waals surface area contributed by atoms with Gasteiger partial charge in [0.05, 0.1) is 26.3 Å². The number of amides is 2. The third kappa shape index (κ3) is 5.98. The van der Waals surface area contributed by atoms with E-state index < -0.39 is 0 Å². The highest BCUT2D eigenvalue weighted by atomic mass is 19.1. The molecule has 2 saturated heterocycles. The van der Waals surface area contributed by atoms with Gasteiger partial charge >= 0.3 is 0 Å². The summed E-state index contributed by atoms with van der Waals surface area (Å²) in [4.78, 5) is 30.4. The molecule has 2 aliphatic heterocycles. The maximum Gasteiger partial charge on any atom is 0.236 e. The van der Waals surface area contributed by atoms with Gasteiger partial charge in [-0.05, 0) is 6.07 Å². The molecule has 0 spiro atoms. The van der Waals surface area contributed by atoms with Crippen molar-refractivity contribution >= 4 is 11.8 Å². The molecule has 1 aromatic carbocycles. The number of piperazine rings is 1. The Morgan fingerprint density at radius 1 is 0.963 bits per heavy atom. The van der Waals surface area contributed by atoms with Gasteiger partial charge in [-0.1, -0.05) is 18.2 Å². The fraction of sp³-hybridized carbons (Fsp3) is 0.579. The summed E-state index contributed by atoms with van der Waals surface area (Å²) < 4.78 is 18.8. The van der Waals surface area contributed by atoms with Crippen LogP contribution < -0.4 is 5.32 Å². The van der Waals surface area contributed by atoms with E-state index in [9.17, 15) is 14.0 Å². The summed E-state index contributed by atoms with van der Waals surface area (Å²) in [5, 5.41) is 2.77. The van der Waals surface area contributed by atoms with Gasteiger partial charge in [0.15, 0.2) is 0 Å². The van der Waals surface area contributed by atoms with Gasteiger partial charge < -0.3 is 15.0 Å². The van der Waals surface area contributed by atoms with Crippen molar-refractivity contribution in [2.24, 2.45) is 0 Å². The van der Waals surface area contributed by atoms with E-state index in [0.717, 1.165) is 26.2 Å². The Hall–Kier alpha value is -2.03. The summed E-state index contributed by atoms with van der Waals surface area (Å²) in [5.74, 6) is -0.276. The van der Waals surface area contributed by atoms with Gasteiger partial charge in [0.2, 0.25) is 11.8 Å². The van der Waals surface area contributed by atoms with E-state index in [1.54, 1.807) is 18.2 Å². The summed E-state index contributed by atoms with van der Waals surface area (Å²) in [5.41, 5.74) is 0.484. The van der Waals surface area contributed by atoms with Crippen LogP contribution >= 0.6 is 0 Å². The van der Waals surface area contributed by atoms with Crippen molar-refractivity contribution in [1.29, 1.82) is 0 Å². The Morgan fingerprint density at radius 2 is 1.59 bits per heavy atom. The van der Waals surface area contributed by atoms with Crippen molar-refractivity contribution in [1.82, 2.24) is 20.0 Å². The second-order valence-electron chi connectivity index (χ2n) is 6.91. The Bertz CT molecular complexity index is 644. The van der Waals surface area contributed by atoms with Gasteiger partial charge in [0.1, 0.15) is 5.82 Å². The summed E-state index contributed by atoms with van der Waals surface area (Å²) in [7, 11) is 0. The average Bonchev–Trinajstić information content (AvgIpc) is 2.69. The molecule has 3 rings (SSSR count). The molecule has 0 aromatic heterocycles. The number of nitrogens with one attached hydrogen (secondary N) is 1. The van der Waals surface area contributed by atoms with E-state index >= 15 is 0 Å². The van der Waals surface area contributed by atoms with Crippen LogP contribution in [0.15, 0.2) is 24.3 Å². The summed E-state index contributed by atoms with van der Waals surface area (Å²) >= 11 is 0. The number of hydrogen-bond donors (Lipinski definition) is 1. The molecule has 148 valence electrons. The lowest BCUT2D eigenvalue weighted by atomic mass is 10.2. The number of rotatable bonds is 6. The lowest BCUT2D eigenvalue weighted by molar-refractivity contribution is -0.137. The van der Waals surface area contributed by atoms with Gasteiger partial charge in [-0.15, -0.1) is 0 Å². The minimum Gasteiger partial charge on any atom is -0.378 e. The van der Waals surface area contributed by atoms with Gasteiger partial charge in [0.25, 0.3) is 0 Å². The monoisotopic (exact) mass is 378 g/mol. The Morgan fingerprint density at radius 3 is 2.26 bits per heavy atom. The summed E-state index contributed by atoms with van der Waals surface area (Å²) in [6, 6.07) is 6.44. The molecule has 2 heterocycles. The number of carbonyl (C=O) groups excluding carboxylic acids is 2. The van der Waals surface area contributed by atoms with Crippen LogP contribution in [0.25, 0.3) is 0 Å². The first-order valence-corrected chi connectivity index (χ1v) is 9.42. The van der Waals surface area contributed by atoms with Crippen molar-refractivity contribution in [2.75, 3.05) is 65.6 Å². The van der Waals surface area contributed by atoms with Gasteiger partial charge in [-0.2, -0.15) is 0 Å². The van der Waals surface area contributed by atoms with Crippen LogP contribution in [0.5, 0.6) is 0 Å². The molecule has 0 radical (unpaired) electrons. The van der Waals surface area contributed by atoms with Crippen molar-refractivity contribution in [3.63, 3.8) is 0 Å². The zero-order valence-electron chi connectivity index (χ0n) is 15.5. The molecular weight excluding hydrogens is 351 g/mol. The van der Waals surface area contributed by atoms with E-state index in [-0.39, 0.29) is 24.2 Å². The molecular formula is C19H27FN4O3. The van der Waals surface area contributed by atoms with Crippen molar-refractivity contribution in [3.8, 4) is 0 Å². The highest BCUT2D eigenvalue weighted by Crippen LogP contribution is 2.06. The minimum atomic E-state index is -0.309. The number of ether oxygens (including phenoxy) is 1. The zero-order valence-corrected chi connectivity index (χ0v) is 15.5. The summed E-state index contributed by atoms with van der Waals surface area (Å²) in [6.07, 6.45) is 0. The van der Waals surface area contributed by atoms with Crippen LogP contribution in [0.4, 0.5) is 4.39 Å². The lowest BCUT2D eigenvalue weighted by Gasteiger charge is -2.35. The van der Waals surface area contributed by atoms with Crippen LogP contribution in [0.2, 0.25) is 0 Å². The van der Waals surface area contributed by atoms with Crippen LogP contribution in [0, 0.1) is 5.82 Å². The molecule has 7 nitrogen and oxygen atoms in total. The standard InChI is InChI=1S/C19H27FN4O3/c20-17-4-2-1-3-16(17)13-21-18(25)14-22-5-7-23(8-6-22)15-19(26)24-9-11-27-12-10-24/h1-4H,5-15H2,(H,21,25). The van der Waals surface area contributed by atoms with Crippen LogP contribution in [-0.2, 0) is 20.9 Å². The maximum absolute atomic E-state index is 13.6. The molecule has 0 aliphatic carbocycles. The third-order valence-corrected chi connectivity index (χ3v) is 4.99. The average molecular weight is 378 g/mol. The van der Waals surface area contributed by atoms with E-state index in [4.69, 9.17) is 4.74 Å². The molecule has 8 heteroatoms. The highest BCUT2D eigenvalue weighted by Gasteiger charge is 2.23. The van der Waals surface area contributed by atoms with E-state index in [2.05, 4.69) is 15.1 Å². The smallest absolute Gasteiger partial charge is 0.236 e. The topological polar surface area (TPSA) is 65.1 Å². The number of benzene rings is 1. The fourth-order valence-electron chi connectivity index (χ4n) is 3.30. The van der Waals surface area contributed by atoms with Gasteiger partial charge in [0, 0.05) is 51.4 Å². The third-order valence-electron chi connectivity index (χ3n) is 4.99. The SMILES string of the molecule is O=C(CN1CCN(CC(=O)N2CCOCC2)CC1)NCc1ccccc1F. The molecule has 0 unspecified atom stereocenters. The zero-order chi connectivity index (χ0) is 19.1. The molecule has 0 saturated carbocycles. The highest BCUT2D eigenvalue weighted by molar-refractivity contribution is 5.78. The Balaban J connectivity index is 1.34. The molecule has 1 N–H and O–H groups in total. The Kier molecular flexibility index (Phi) is 7.14. The minimum absolute atomic E-state index is 0.115. The Labute approximate surface area is 159 Å². The predicted octanol–water partition coefficient (Wildman–Crippen LogP) is -0.0817. The number of hydrogen-bond acceptors (Lipinski definition) is 5. The first kappa shape index (κ1) is 19.7. The van der Waals surface area contributed by atoms with Crippen molar-refractivity contribution in [3.05, 3.63) is 35.6 Å². The second-order valence-corrected chi connectivity index (χ2v) is 6.91. The second kappa shape index (κ2) is 9.77.